The number of nitrogens with one attached hydrogen (secondary N) is 1. The van der Waals surface area contributed by atoms with E-state index in [1.165, 1.54) is 12.1 Å². The van der Waals surface area contributed by atoms with Gasteiger partial charge < -0.3 is 15.3 Å². The Labute approximate surface area is 179 Å². The van der Waals surface area contributed by atoms with Gasteiger partial charge in [-0.05, 0) is 44.0 Å². The monoisotopic (exact) mass is 419 g/mol. The van der Waals surface area contributed by atoms with E-state index in [2.05, 4.69) is 10.2 Å². The first-order valence-electron chi connectivity index (χ1n) is 10.1. The minimum absolute atomic E-state index is 0.0134. The molecule has 1 amide bonds. The Morgan fingerprint density at radius 3 is 2.71 bits per heavy atom. The maximum atomic E-state index is 14.2. The van der Waals surface area contributed by atoms with Crippen LogP contribution >= 0.6 is 0 Å². The van der Waals surface area contributed by atoms with Crippen LogP contribution in [-0.2, 0) is 0 Å². The second-order valence-electron chi connectivity index (χ2n) is 7.68. The summed E-state index contributed by atoms with van der Waals surface area (Å²) >= 11 is 0. The lowest BCUT2D eigenvalue weighted by Gasteiger charge is -2.34. The summed E-state index contributed by atoms with van der Waals surface area (Å²) in [5.74, 6) is 0.218. The molecule has 31 heavy (non-hydrogen) atoms. The van der Waals surface area contributed by atoms with Gasteiger partial charge in [-0.2, -0.15) is 10.4 Å². The fourth-order valence-electron chi connectivity index (χ4n) is 3.86. The molecule has 1 unspecified atom stereocenters. The summed E-state index contributed by atoms with van der Waals surface area (Å²) in [5, 5.41) is 25.4. The summed E-state index contributed by atoms with van der Waals surface area (Å²) < 4.78 is 16.0. The van der Waals surface area contributed by atoms with Crippen LogP contribution < -0.4 is 10.2 Å². The average Bonchev–Trinajstić information content (AvgIpc) is 3.19. The predicted octanol–water partition coefficient (Wildman–Crippen LogP) is 4.09. The Morgan fingerprint density at radius 1 is 1.26 bits per heavy atom. The van der Waals surface area contributed by atoms with E-state index >= 15 is 0 Å². The van der Waals surface area contributed by atoms with Crippen LogP contribution in [-0.4, -0.2) is 40.1 Å². The minimum atomic E-state index is -1.03. The Balaban J connectivity index is 1.76. The predicted molar refractivity (Wildman–Crippen MR) is 115 cm³/mol. The van der Waals surface area contributed by atoms with Gasteiger partial charge in [-0.3, -0.25) is 0 Å². The molecule has 2 heterocycles. The van der Waals surface area contributed by atoms with Crippen LogP contribution in [0.25, 0.3) is 16.9 Å². The van der Waals surface area contributed by atoms with Gasteiger partial charge in [0.1, 0.15) is 17.7 Å². The van der Waals surface area contributed by atoms with Gasteiger partial charge in [0, 0.05) is 30.8 Å². The normalized spacial score (nSPS) is 16.0. The molecule has 0 spiro atoms. The quantitative estimate of drug-likeness (QED) is 0.664. The summed E-state index contributed by atoms with van der Waals surface area (Å²) in [5.41, 5.74) is 3.11. The van der Waals surface area contributed by atoms with E-state index in [1.807, 2.05) is 43.3 Å². The van der Waals surface area contributed by atoms with E-state index in [1.54, 1.807) is 10.7 Å². The fraction of sp³-hybridized carbons (Fsp3) is 0.261. The molecule has 1 aliphatic heterocycles. The number of aryl methyl sites for hydroxylation is 1. The lowest BCUT2D eigenvalue weighted by atomic mass is 10.1. The number of halogens is 1. The zero-order valence-electron chi connectivity index (χ0n) is 17.0. The van der Waals surface area contributed by atoms with E-state index in [-0.39, 0.29) is 11.6 Å². The van der Waals surface area contributed by atoms with Gasteiger partial charge in [0.05, 0.1) is 16.9 Å². The highest BCUT2D eigenvalue weighted by Gasteiger charge is 2.25. The van der Waals surface area contributed by atoms with Crippen molar-refractivity contribution < 1.29 is 14.3 Å². The van der Waals surface area contributed by atoms with Gasteiger partial charge in [-0.25, -0.2) is 13.9 Å². The van der Waals surface area contributed by atoms with Crippen molar-refractivity contribution in [3.63, 3.8) is 0 Å². The smallest absolute Gasteiger partial charge is 0.404 e. The molecule has 2 N–H and O–H groups in total. The van der Waals surface area contributed by atoms with Crippen molar-refractivity contribution in [3.8, 4) is 23.0 Å². The summed E-state index contributed by atoms with van der Waals surface area (Å²) in [6.07, 6.45) is 0.577. The zero-order valence-corrected chi connectivity index (χ0v) is 17.0. The first-order valence-corrected chi connectivity index (χ1v) is 10.1. The number of carboxylic acid groups (broad SMARTS) is 1. The highest BCUT2D eigenvalue weighted by molar-refractivity contribution is 5.67. The highest BCUT2D eigenvalue weighted by atomic mass is 19.1. The molecule has 1 aliphatic rings. The Bertz CT molecular complexity index is 1150. The molecule has 0 aliphatic carbocycles. The van der Waals surface area contributed by atoms with Crippen molar-refractivity contribution in [1.29, 1.82) is 5.26 Å². The number of nitrogens with zero attached hydrogens (tertiary/aromatic N) is 4. The van der Waals surface area contributed by atoms with Gasteiger partial charge in [-0.15, -0.1) is 0 Å². The summed E-state index contributed by atoms with van der Waals surface area (Å²) in [6, 6.07) is 15.9. The fourth-order valence-corrected chi connectivity index (χ4v) is 3.86. The van der Waals surface area contributed by atoms with Crippen LogP contribution in [0, 0.1) is 24.1 Å². The van der Waals surface area contributed by atoms with E-state index in [4.69, 9.17) is 15.5 Å². The molecular weight excluding hydrogens is 397 g/mol. The number of hydrogen-bond acceptors (Lipinski definition) is 4. The maximum absolute atomic E-state index is 14.2. The number of benzene rings is 2. The van der Waals surface area contributed by atoms with Crippen LogP contribution in [0.5, 0.6) is 0 Å². The van der Waals surface area contributed by atoms with E-state index < -0.39 is 11.9 Å². The van der Waals surface area contributed by atoms with Gasteiger partial charge in [0.2, 0.25) is 0 Å². The molecule has 1 fully saturated rings. The number of carbonyl (C=O) groups is 1. The Morgan fingerprint density at radius 2 is 2.03 bits per heavy atom. The molecule has 4 rings (SSSR count). The number of rotatable bonds is 4. The number of nitriles is 1. The molecule has 1 saturated heterocycles. The summed E-state index contributed by atoms with van der Waals surface area (Å²) in [6.45, 7) is 3.28. The molecule has 0 bridgehead atoms. The topological polar surface area (TPSA) is 94.2 Å². The third-order valence-corrected chi connectivity index (χ3v) is 5.43. The molecule has 7 nitrogen and oxygen atoms in total. The van der Waals surface area contributed by atoms with Crippen molar-refractivity contribution >= 4 is 11.9 Å². The second kappa shape index (κ2) is 8.48. The maximum Gasteiger partial charge on any atom is 0.404 e. The zero-order chi connectivity index (χ0) is 22.0. The number of aromatic nitrogens is 2. The molecule has 0 saturated carbocycles. The highest BCUT2D eigenvalue weighted by Crippen LogP contribution is 2.30. The molecule has 8 heteroatoms. The summed E-state index contributed by atoms with van der Waals surface area (Å²) in [7, 11) is 0. The van der Waals surface area contributed by atoms with Crippen LogP contribution in [0.3, 0.4) is 0 Å². The minimum Gasteiger partial charge on any atom is -0.465 e. The van der Waals surface area contributed by atoms with Crippen molar-refractivity contribution in [1.82, 2.24) is 15.1 Å². The molecular formula is C23H22FN5O2. The third kappa shape index (κ3) is 4.36. The number of anilines is 1. The molecule has 3 aromatic rings. The lowest BCUT2D eigenvalue weighted by molar-refractivity contribution is 0.188. The van der Waals surface area contributed by atoms with Crippen LogP contribution in [0.1, 0.15) is 24.0 Å². The van der Waals surface area contributed by atoms with Crippen molar-refractivity contribution in [2.24, 2.45) is 0 Å². The van der Waals surface area contributed by atoms with Gasteiger partial charge in [0.25, 0.3) is 0 Å². The first-order chi connectivity index (χ1) is 14.9. The summed E-state index contributed by atoms with van der Waals surface area (Å²) in [4.78, 5) is 13.2. The largest absolute Gasteiger partial charge is 0.465 e. The Kier molecular flexibility index (Phi) is 5.58. The third-order valence-electron chi connectivity index (χ3n) is 5.43. The van der Waals surface area contributed by atoms with Crippen molar-refractivity contribution in [2.75, 3.05) is 18.0 Å². The molecule has 2 aromatic carbocycles. The number of hydrogen-bond donors (Lipinski definition) is 2. The lowest BCUT2D eigenvalue weighted by Crippen LogP contribution is -2.47. The van der Waals surface area contributed by atoms with Crippen LogP contribution in [0.2, 0.25) is 0 Å². The Hall–Kier alpha value is -3.86. The van der Waals surface area contributed by atoms with Gasteiger partial charge in [0.15, 0.2) is 0 Å². The number of piperidine rings is 1. The van der Waals surface area contributed by atoms with Crippen LogP contribution in [0.15, 0.2) is 48.5 Å². The van der Waals surface area contributed by atoms with Crippen molar-refractivity contribution in [2.45, 2.75) is 25.8 Å². The van der Waals surface area contributed by atoms with E-state index in [0.29, 0.717) is 17.8 Å². The van der Waals surface area contributed by atoms with Crippen molar-refractivity contribution in [3.05, 3.63) is 65.5 Å². The molecule has 1 atom stereocenters. The SMILES string of the molecule is Cc1ccc(-n2nc(-c3ccc(C#N)c(F)c3)cc2N2CCCC(NC(=O)O)C2)cc1. The van der Waals surface area contributed by atoms with Crippen LogP contribution in [0.4, 0.5) is 15.0 Å². The standard InChI is InChI=1S/C23H22FN5O2/c1-15-4-8-19(9-5-15)29-22(28-10-2-3-18(14-28)26-23(30)31)12-21(27-29)16-6-7-17(13-25)20(24)11-16/h4-9,11-12,18,26H,2-3,10,14H2,1H3,(H,30,31). The first kappa shape index (κ1) is 20.4. The van der Waals surface area contributed by atoms with Gasteiger partial charge in [-0.1, -0.05) is 23.8 Å². The second-order valence-corrected chi connectivity index (χ2v) is 7.68. The molecule has 0 radical (unpaired) electrons. The molecule has 1 aromatic heterocycles. The number of amides is 1. The van der Waals surface area contributed by atoms with E-state index in [9.17, 15) is 9.18 Å². The average molecular weight is 419 g/mol. The van der Waals surface area contributed by atoms with Gasteiger partial charge >= 0.3 is 6.09 Å². The molecule has 158 valence electrons. The van der Waals surface area contributed by atoms with E-state index in [0.717, 1.165) is 36.5 Å².